The molecule has 1 aliphatic rings. The number of para-hydroxylation sites is 1. The summed E-state index contributed by atoms with van der Waals surface area (Å²) in [7, 11) is 1.64. The fourth-order valence-corrected chi connectivity index (χ4v) is 4.41. The third-order valence-electron chi connectivity index (χ3n) is 5.16. The summed E-state index contributed by atoms with van der Waals surface area (Å²) in [6.07, 6.45) is 9.94. The third-order valence-corrected chi connectivity index (χ3v) is 6.24. The molecule has 0 radical (unpaired) electrons. The van der Waals surface area contributed by atoms with Gasteiger partial charge in [-0.3, -0.25) is 9.36 Å². The van der Waals surface area contributed by atoms with E-state index in [0.717, 1.165) is 24.2 Å². The SMILES string of the molecule is C=CCn1c(S[C@H](C)C(=O)NCCC2=CCCCC2)nnc1-c1ccccc1OC. The lowest BCUT2D eigenvalue weighted by atomic mass is 9.97. The molecule has 0 saturated heterocycles. The van der Waals surface area contributed by atoms with Gasteiger partial charge >= 0.3 is 0 Å². The van der Waals surface area contributed by atoms with Crippen LogP contribution in [0.4, 0.5) is 0 Å². The van der Waals surface area contributed by atoms with Crippen molar-refractivity contribution in [3.05, 3.63) is 48.6 Å². The minimum atomic E-state index is -0.274. The average Bonchev–Trinajstić information content (AvgIpc) is 3.16. The minimum Gasteiger partial charge on any atom is -0.496 e. The number of hydrogen-bond acceptors (Lipinski definition) is 5. The Morgan fingerprint density at radius 1 is 1.37 bits per heavy atom. The van der Waals surface area contributed by atoms with Crippen LogP contribution in [0.1, 0.15) is 39.0 Å². The molecule has 30 heavy (non-hydrogen) atoms. The van der Waals surface area contributed by atoms with Gasteiger partial charge in [0.1, 0.15) is 5.75 Å². The number of carbonyl (C=O) groups excluding carboxylic acids is 1. The second kappa shape index (κ2) is 11.0. The van der Waals surface area contributed by atoms with Crippen LogP contribution >= 0.6 is 11.8 Å². The predicted molar refractivity (Wildman–Crippen MR) is 122 cm³/mol. The molecular weight excluding hydrogens is 396 g/mol. The number of rotatable bonds is 10. The second-order valence-electron chi connectivity index (χ2n) is 7.32. The molecule has 160 valence electrons. The number of hydrogen-bond donors (Lipinski definition) is 1. The Bertz CT molecular complexity index is 906. The van der Waals surface area contributed by atoms with Crippen LogP contribution in [0.5, 0.6) is 5.75 Å². The van der Waals surface area contributed by atoms with E-state index in [1.54, 1.807) is 13.2 Å². The van der Waals surface area contributed by atoms with E-state index in [2.05, 4.69) is 28.2 Å². The van der Waals surface area contributed by atoms with Crippen LogP contribution < -0.4 is 10.1 Å². The molecule has 1 atom stereocenters. The van der Waals surface area contributed by atoms with Crippen LogP contribution in [-0.2, 0) is 11.3 Å². The highest BCUT2D eigenvalue weighted by Gasteiger charge is 2.21. The molecule has 1 aromatic heterocycles. The molecule has 7 heteroatoms. The number of benzene rings is 1. The van der Waals surface area contributed by atoms with Gasteiger partial charge in [-0.05, 0) is 51.2 Å². The third kappa shape index (κ3) is 5.53. The number of methoxy groups -OCH3 is 1. The number of aromatic nitrogens is 3. The lowest BCUT2D eigenvalue weighted by molar-refractivity contribution is -0.120. The molecule has 1 amide bonds. The minimum absolute atomic E-state index is 0.0170. The first-order chi connectivity index (χ1) is 14.6. The van der Waals surface area contributed by atoms with E-state index in [-0.39, 0.29) is 11.2 Å². The van der Waals surface area contributed by atoms with Crippen molar-refractivity contribution in [2.24, 2.45) is 0 Å². The maximum absolute atomic E-state index is 12.6. The lowest BCUT2D eigenvalue weighted by Crippen LogP contribution is -2.32. The number of nitrogens with one attached hydrogen (secondary N) is 1. The van der Waals surface area contributed by atoms with Crippen LogP contribution in [0, 0.1) is 0 Å². The number of allylic oxidation sites excluding steroid dienone is 2. The van der Waals surface area contributed by atoms with E-state index in [4.69, 9.17) is 4.74 Å². The average molecular weight is 427 g/mol. The number of thioether (sulfide) groups is 1. The molecule has 0 fully saturated rings. The smallest absolute Gasteiger partial charge is 0.233 e. The summed E-state index contributed by atoms with van der Waals surface area (Å²) < 4.78 is 7.44. The number of ether oxygens (including phenoxy) is 1. The van der Waals surface area contributed by atoms with Crippen molar-refractivity contribution in [3.8, 4) is 17.1 Å². The largest absolute Gasteiger partial charge is 0.496 e. The first-order valence-corrected chi connectivity index (χ1v) is 11.3. The van der Waals surface area contributed by atoms with E-state index in [1.165, 1.54) is 36.6 Å². The lowest BCUT2D eigenvalue weighted by Gasteiger charge is -2.15. The van der Waals surface area contributed by atoms with Crippen molar-refractivity contribution in [1.82, 2.24) is 20.1 Å². The van der Waals surface area contributed by atoms with Gasteiger partial charge in [-0.15, -0.1) is 16.8 Å². The molecule has 1 heterocycles. The van der Waals surface area contributed by atoms with Gasteiger partial charge in [0, 0.05) is 13.1 Å². The van der Waals surface area contributed by atoms with Crippen molar-refractivity contribution in [2.45, 2.75) is 56.0 Å². The van der Waals surface area contributed by atoms with E-state index in [0.29, 0.717) is 24.1 Å². The number of carbonyl (C=O) groups is 1. The molecule has 0 spiro atoms. The summed E-state index contributed by atoms with van der Waals surface area (Å²) in [4.78, 5) is 12.6. The Kier molecular flexibility index (Phi) is 8.13. The van der Waals surface area contributed by atoms with Gasteiger partial charge in [0.25, 0.3) is 0 Å². The molecule has 2 aromatic rings. The second-order valence-corrected chi connectivity index (χ2v) is 8.62. The van der Waals surface area contributed by atoms with Crippen molar-refractivity contribution in [3.63, 3.8) is 0 Å². The molecule has 1 N–H and O–H groups in total. The summed E-state index contributed by atoms with van der Waals surface area (Å²) in [5.74, 6) is 1.45. The van der Waals surface area contributed by atoms with E-state index in [1.807, 2.05) is 35.8 Å². The van der Waals surface area contributed by atoms with Gasteiger partial charge in [-0.25, -0.2) is 0 Å². The first-order valence-electron chi connectivity index (χ1n) is 10.4. The van der Waals surface area contributed by atoms with Crippen LogP contribution in [0.3, 0.4) is 0 Å². The topological polar surface area (TPSA) is 69.0 Å². The molecule has 0 aliphatic heterocycles. The van der Waals surface area contributed by atoms with Gasteiger partial charge in [0.2, 0.25) is 5.91 Å². The van der Waals surface area contributed by atoms with Crippen molar-refractivity contribution in [1.29, 1.82) is 0 Å². The number of amides is 1. The normalized spacial score (nSPS) is 14.7. The summed E-state index contributed by atoms with van der Waals surface area (Å²) in [5.41, 5.74) is 2.33. The standard InChI is InChI=1S/C23H30N4O2S/c1-4-16-27-21(19-12-8-9-13-20(19)29-3)25-26-23(27)30-17(2)22(28)24-15-14-18-10-6-5-7-11-18/h4,8-10,12-13,17H,1,5-7,11,14-16H2,2-3H3,(H,24,28)/t17-/m1/s1. The van der Waals surface area contributed by atoms with Gasteiger partial charge in [-0.2, -0.15) is 0 Å². The van der Waals surface area contributed by atoms with Gasteiger partial charge in [0.05, 0.1) is 17.9 Å². The summed E-state index contributed by atoms with van der Waals surface area (Å²) in [6, 6.07) is 7.71. The van der Waals surface area contributed by atoms with Crippen LogP contribution in [0.2, 0.25) is 0 Å². The summed E-state index contributed by atoms with van der Waals surface area (Å²) in [5, 5.41) is 12.2. The molecule has 0 bridgehead atoms. The Balaban J connectivity index is 1.66. The Labute approximate surface area is 182 Å². The Morgan fingerprint density at radius 3 is 2.93 bits per heavy atom. The van der Waals surface area contributed by atoms with Crippen LogP contribution in [0.25, 0.3) is 11.4 Å². The highest BCUT2D eigenvalue weighted by molar-refractivity contribution is 8.00. The van der Waals surface area contributed by atoms with Gasteiger partial charge < -0.3 is 10.1 Å². The van der Waals surface area contributed by atoms with Gasteiger partial charge in [-0.1, -0.05) is 41.6 Å². The monoisotopic (exact) mass is 426 g/mol. The van der Waals surface area contributed by atoms with Crippen molar-refractivity contribution < 1.29 is 9.53 Å². The maximum atomic E-state index is 12.6. The van der Waals surface area contributed by atoms with Crippen molar-refractivity contribution in [2.75, 3.05) is 13.7 Å². The zero-order valence-corrected chi connectivity index (χ0v) is 18.6. The van der Waals surface area contributed by atoms with E-state index >= 15 is 0 Å². The first kappa shape index (κ1) is 22.2. The molecule has 6 nitrogen and oxygen atoms in total. The molecule has 3 rings (SSSR count). The van der Waals surface area contributed by atoms with Crippen LogP contribution in [-0.4, -0.2) is 39.6 Å². The molecular formula is C23H30N4O2S. The summed E-state index contributed by atoms with van der Waals surface area (Å²) in [6.45, 7) is 6.98. The fraction of sp³-hybridized carbons (Fsp3) is 0.435. The fourth-order valence-electron chi connectivity index (χ4n) is 3.53. The molecule has 0 saturated carbocycles. The molecule has 1 aromatic carbocycles. The molecule has 0 unspecified atom stereocenters. The molecule has 1 aliphatic carbocycles. The zero-order valence-electron chi connectivity index (χ0n) is 17.8. The van der Waals surface area contributed by atoms with Crippen LogP contribution in [0.15, 0.2) is 53.7 Å². The quantitative estimate of drug-likeness (QED) is 0.443. The zero-order chi connectivity index (χ0) is 21.3. The Morgan fingerprint density at radius 2 is 2.20 bits per heavy atom. The van der Waals surface area contributed by atoms with E-state index in [9.17, 15) is 4.79 Å². The highest BCUT2D eigenvalue weighted by atomic mass is 32.2. The highest BCUT2D eigenvalue weighted by Crippen LogP contribution is 2.32. The predicted octanol–water partition coefficient (Wildman–Crippen LogP) is 4.63. The Hall–Kier alpha value is -2.54. The van der Waals surface area contributed by atoms with E-state index < -0.39 is 0 Å². The summed E-state index contributed by atoms with van der Waals surface area (Å²) >= 11 is 1.41. The maximum Gasteiger partial charge on any atom is 0.233 e. The number of nitrogens with zero attached hydrogens (tertiary/aromatic N) is 3. The van der Waals surface area contributed by atoms with Crippen molar-refractivity contribution >= 4 is 17.7 Å². The van der Waals surface area contributed by atoms with Gasteiger partial charge in [0.15, 0.2) is 11.0 Å².